The van der Waals surface area contributed by atoms with Crippen molar-refractivity contribution in [2.75, 3.05) is 26.2 Å². The van der Waals surface area contributed by atoms with Crippen LogP contribution in [0, 0.1) is 0 Å². The molecule has 0 aromatic heterocycles. The topological polar surface area (TPSA) is 72.9 Å². The van der Waals surface area contributed by atoms with Crippen molar-refractivity contribution in [1.82, 2.24) is 15.1 Å². The molecule has 2 aliphatic rings. The lowest BCUT2D eigenvalue weighted by Gasteiger charge is -2.41. The molecule has 2 aliphatic heterocycles. The quantitative estimate of drug-likeness (QED) is 0.510. The van der Waals surface area contributed by atoms with Crippen LogP contribution in [-0.4, -0.2) is 65.0 Å². The predicted octanol–water partition coefficient (Wildman–Crippen LogP) is 4.12. The second-order valence-electron chi connectivity index (χ2n) is 9.82. The van der Waals surface area contributed by atoms with E-state index < -0.39 is 17.8 Å². The van der Waals surface area contributed by atoms with Crippen LogP contribution in [0.1, 0.15) is 49.9 Å². The van der Waals surface area contributed by atoms with E-state index in [-0.39, 0.29) is 23.9 Å². The van der Waals surface area contributed by atoms with Crippen molar-refractivity contribution in [1.29, 1.82) is 0 Å². The highest BCUT2D eigenvalue weighted by molar-refractivity contribution is 5.95. The molecule has 0 radical (unpaired) electrons. The average molecular weight is 524 g/mol. The summed E-state index contributed by atoms with van der Waals surface area (Å²) < 4.78 is 38.3. The van der Waals surface area contributed by atoms with E-state index in [0.717, 1.165) is 18.6 Å². The normalized spacial score (nSPS) is 18.8. The Bertz CT molecular complexity index is 1270. The number of nitrogens with zero attached hydrogens (tertiary/aromatic N) is 2. The van der Waals surface area contributed by atoms with Gasteiger partial charge in [-0.15, -0.1) is 0 Å². The number of amides is 2. The maximum Gasteiger partial charge on any atom is 0.416 e. The number of likely N-dealkylation sites (tertiary alicyclic amines) is 2. The van der Waals surface area contributed by atoms with Crippen LogP contribution in [0.15, 0.2) is 78.9 Å². The van der Waals surface area contributed by atoms with Crippen molar-refractivity contribution < 1.29 is 27.9 Å². The van der Waals surface area contributed by atoms with Gasteiger partial charge in [0.1, 0.15) is 6.10 Å². The van der Waals surface area contributed by atoms with Crippen molar-refractivity contribution >= 4 is 11.8 Å². The van der Waals surface area contributed by atoms with Crippen molar-refractivity contribution in [3.8, 4) is 0 Å². The third kappa shape index (κ3) is 5.58. The molecule has 3 aromatic carbocycles. The first-order valence-corrected chi connectivity index (χ1v) is 12.5. The molecule has 9 heteroatoms. The molecule has 0 bridgehead atoms. The molecule has 3 aromatic rings. The van der Waals surface area contributed by atoms with Crippen molar-refractivity contribution in [2.45, 2.75) is 30.8 Å². The Balaban J connectivity index is 1.10. The smallest absolute Gasteiger partial charge is 0.384 e. The summed E-state index contributed by atoms with van der Waals surface area (Å²) >= 11 is 0. The minimum atomic E-state index is -4.43. The van der Waals surface area contributed by atoms with Gasteiger partial charge in [-0.1, -0.05) is 42.5 Å². The molecule has 2 fully saturated rings. The molecule has 0 spiro atoms. The molecule has 0 saturated carbocycles. The van der Waals surface area contributed by atoms with Gasteiger partial charge in [-0.3, -0.25) is 9.59 Å². The summed E-state index contributed by atoms with van der Waals surface area (Å²) in [6, 6.07) is 20.4. The highest BCUT2D eigenvalue weighted by atomic mass is 19.4. The first kappa shape index (κ1) is 25.9. The summed E-state index contributed by atoms with van der Waals surface area (Å²) in [5.74, 6) is -0.0851. The monoisotopic (exact) mass is 523 g/mol. The predicted molar refractivity (Wildman–Crippen MR) is 136 cm³/mol. The molecule has 0 aliphatic carbocycles. The van der Waals surface area contributed by atoms with Crippen molar-refractivity contribution in [2.24, 2.45) is 0 Å². The summed E-state index contributed by atoms with van der Waals surface area (Å²) in [5.41, 5.74) is 1.21. The summed E-state index contributed by atoms with van der Waals surface area (Å²) in [6.07, 6.45) is -4.67. The van der Waals surface area contributed by atoms with Gasteiger partial charge in [-0.2, -0.15) is 13.2 Å². The largest absolute Gasteiger partial charge is 0.416 e. The fourth-order valence-electron chi connectivity index (χ4n) is 4.96. The number of nitrogens with one attached hydrogen (secondary N) is 1. The lowest BCUT2D eigenvalue weighted by molar-refractivity contribution is -0.137. The molecule has 2 atom stereocenters. The Morgan fingerprint density at radius 1 is 0.763 bits per heavy atom. The minimum Gasteiger partial charge on any atom is -0.384 e. The molecule has 1 unspecified atom stereocenters. The molecular formula is C29H28F3N3O3. The van der Waals surface area contributed by atoms with E-state index in [0.29, 0.717) is 48.4 Å². The van der Waals surface area contributed by atoms with Crippen LogP contribution in [0.5, 0.6) is 0 Å². The fraction of sp³-hybridized carbons (Fsp3) is 0.310. The number of carbonyl (C=O) groups is 2. The zero-order valence-electron chi connectivity index (χ0n) is 20.6. The molecule has 2 heterocycles. The maximum atomic E-state index is 12.9. The summed E-state index contributed by atoms with van der Waals surface area (Å²) in [7, 11) is 0. The van der Waals surface area contributed by atoms with Gasteiger partial charge in [-0.05, 0) is 53.9 Å². The molecule has 2 N–H and O–H groups in total. The molecule has 198 valence electrons. The van der Waals surface area contributed by atoms with E-state index in [2.05, 4.69) is 5.32 Å². The molecule has 5 rings (SSSR count). The molecule has 6 nitrogen and oxygen atoms in total. The van der Waals surface area contributed by atoms with E-state index in [1.54, 1.807) is 29.2 Å². The number of aliphatic hydroxyl groups is 1. The number of hydrogen-bond donors (Lipinski definition) is 2. The number of aliphatic hydroxyl groups excluding tert-OH is 1. The van der Waals surface area contributed by atoms with Crippen LogP contribution in [0.4, 0.5) is 13.2 Å². The second-order valence-corrected chi connectivity index (χ2v) is 9.82. The third-order valence-corrected chi connectivity index (χ3v) is 7.16. The number of carbonyl (C=O) groups excluding carboxylic acids is 2. The van der Waals surface area contributed by atoms with Crippen LogP contribution in [0.3, 0.4) is 0 Å². The van der Waals surface area contributed by atoms with E-state index in [1.807, 2.05) is 35.2 Å². The van der Waals surface area contributed by atoms with Gasteiger partial charge in [0, 0.05) is 49.4 Å². The van der Waals surface area contributed by atoms with Crippen LogP contribution in [0.2, 0.25) is 0 Å². The summed E-state index contributed by atoms with van der Waals surface area (Å²) in [5, 5.41) is 14.1. The Labute approximate surface area is 218 Å². The number of hydrogen-bond acceptors (Lipinski definition) is 4. The Hall–Kier alpha value is -3.69. The third-order valence-electron chi connectivity index (χ3n) is 7.16. The first-order chi connectivity index (χ1) is 18.2. The van der Waals surface area contributed by atoms with Crippen molar-refractivity contribution in [3.63, 3.8) is 0 Å². The highest BCUT2D eigenvalue weighted by Crippen LogP contribution is 2.31. The van der Waals surface area contributed by atoms with E-state index in [4.69, 9.17) is 0 Å². The number of alkyl halides is 3. The second kappa shape index (κ2) is 10.6. The molecule has 2 saturated heterocycles. The fourth-order valence-corrected chi connectivity index (χ4v) is 4.96. The van der Waals surface area contributed by atoms with E-state index in [9.17, 15) is 27.9 Å². The van der Waals surface area contributed by atoms with Crippen LogP contribution in [-0.2, 0) is 6.18 Å². The number of benzene rings is 3. The van der Waals surface area contributed by atoms with E-state index >= 15 is 0 Å². The average Bonchev–Trinajstić information content (AvgIpc) is 3.38. The van der Waals surface area contributed by atoms with Crippen LogP contribution < -0.4 is 5.32 Å². The highest BCUT2D eigenvalue weighted by Gasteiger charge is 2.35. The van der Waals surface area contributed by atoms with Crippen LogP contribution in [0.25, 0.3) is 0 Å². The Kier molecular flexibility index (Phi) is 7.23. The van der Waals surface area contributed by atoms with Gasteiger partial charge in [0.2, 0.25) is 0 Å². The number of halogens is 3. The van der Waals surface area contributed by atoms with Gasteiger partial charge in [-0.25, -0.2) is 0 Å². The van der Waals surface area contributed by atoms with Gasteiger partial charge >= 0.3 is 6.18 Å². The van der Waals surface area contributed by atoms with Crippen LogP contribution >= 0.6 is 0 Å². The van der Waals surface area contributed by atoms with E-state index in [1.165, 1.54) is 12.1 Å². The summed E-state index contributed by atoms with van der Waals surface area (Å²) in [6.45, 7) is 2.47. The molecule has 38 heavy (non-hydrogen) atoms. The molecular weight excluding hydrogens is 495 g/mol. The summed E-state index contributed by atoms with van der Waals surface area (Å²) in [4.78, 5) is 29.1. The van der Waals surface area contributed by atoms with Gasteiger partial charge in [0.05, 0.1) is 5.56 Å². The minimum absolute atomic E-state index is 0.0344. The Morgan fingerprint density at radius 2 is 1.29 bits per heavy atom. The molecule has 2 amide bonds. The zero-order chi connectivity index (χ0) is 26.9. The zero-order valence-corrected chi connectivity index (χ0v) is 20.6. The standard InChI is InChI=1S/C29H28F3N3O3/c30-29(31,32)23-12-10-20(11-13-23)26(36)19-6-8-22(9-7-19)28(38)35-17-25(18-35)33-24-14-15-34(16-24)27(37)21-4-2-1-3-5-21/h1-13,24-26,33,36H,14-18H2/t24-,26?/m0/s1. The SMILES string of the molecule is O=C(c1ccc(C(O)c2ccc(C(F)(F)F)cc2)cc1)N1CC(N[C@H]2CCN(C(=O)c3ccccc3)C2)C1. The first-order valence-electron chi connectivity index (χ1n) is 12.5. The lowest BCUT2D eigenvalue weighted by atomic mass is 9.98. The van der Waals surface area contributed by atoms with Gasteiger partial charge in [0.15, 0.2) is 0 Å². The maximum absolute atomic E-state index is 12.9. The Morgan fingerprint density at radius 3 is 1.89 bits per heavy atom. The number of rotatable bonds is 6. The van der Waals surface area contributed by atoms with Gasteiger partial charge in [0.25, 0.3) is 11.8 Å². The van der Waals surface area contributed by atoms with Gasteiger partial charge < -0.3 is 20.2 Å². The lowest BCUT2D eigenvalue weighted by Crippen LogP contribution is -2.62. The van der Waals surface area contributed by atoms with Crippen molar-refractivity contribution in [3.05, 3.63) is 107 Å².